The number of anilines is 1. The number of ether oxygens (including phenoxy) is 1. The van der Waals surface area contributed by atoms with Crippen LogP contribution in [0.25, 0.3) is 0 Å². The van der Waals surface area contributed by atoms with E-state index in [-0.39, 0.29) is 10.6 Å². The first kappa shape index (κ1) is 21.7. The molecule has 0 unspecified atom stereocenters. The number of carbonyl (C=O) groups excluding carboxylic acids is 1. The molecule has 11 heteroatoms. The van der Waals surface area contributed by atoms with Crippen LogP contribution < -0.4 is 10.2 Å². The van der Waals surface area contributed by atoms with Gasteiger partial charge >= 0.3 is 6.36 Å². The van der Waals surface area contributed by atoms with Crippen molar-refractivity contribution in [1.82, 2.24) is 0 Å². The quantitative estimate of drug-likeness (QED) is 0.322. The van der Waals surface area contributed by atoms with Gasteiger partial charge in [-0.05, 0) is 43.3 Å². The molecule has 6 nitrogen and oxygen atoms in total. The van der Waals surface area contributed by atoms with Crippen molar-refractivity contribution < 1.29 is 31.1 Å². The van der Waals surface area contributed by atoms with Gasteiger partial charge in [0.05, 0.1) is 16.5 Å². The number of hydrogen-bond acceptors (Lipinski definition) is 6. The van der Waals surface area contributed by atoms with Crippen LogP contribution in [0.4, 0.5) is 18.9 Å². The lowest BCUT2D eigenvalue weighted by Crippen LogP contribution is -2.27. The summed E-state index contributed by atoms with van der Waals surface area (Å²) in [6.07, 6.45) is -4.84. The Morgan fingerprint density at radius 2 is 1.68 bits per heavy atom. The highest BCUT2D eigenvalue weighted by molar-refractivity contribution is 8.08. The van der Waals surface area contributed by atoms with Crippen molar-refractivity contribution in [3.8, 4) is 5.75 Å². The van der Waals surface area contributed by atoms with Gasteiger partial charge in [-0.15, -0.1) is 24.8 Å². The van der Waals surface area contributed by atoms with E-state index in [0.29, 0.717) is 0 Å². The number of sulfone groups is 1. The molecule has 0 bridgehead atoms. The van der Waals surface area contributed by atoms with Crippen LogP contribution in [0.15, 0.2) is 58.5 Å². The molecule has 0 aliphatic heterocycles. The van der Waals surface area contributed by atoms with Crippen LogP contribution in [0.1, 0.15) is 5.56 Å². The molecule has 0 saturated carbocycles. The van der Waals surface area contributed by atoms with Crippen molar-refractivity contribution in [2.75, 3.05) is 11.3 Å². The molecule has 28 heavy (non-hydrogen) atoms. The summed E-state index contributed by atoms with van der Waals surface area (Å²) < 4.78 is 65.6. The number of ketones is 1. The van der Waals surface area contributed by atoms with E-state index in [9.17, 15) is 26.4 Å². The number of rotatable bonds is 6. The number of Topliss-reactive ketones (excluding diaryl/α,β-unsaturated/α-hetero) is 1. The third-order valence-electron chi connectivity index (χ3n) is 3.32. The second-order valence-corrected chi connectivity index (χ2v) is 7.61. The van der Waals surface area contributed by atoms with Gasteiger partial charge in [0, 0.05) is 0 Å². The minimum atomic E-state index is -4.84. The monoisotopic (exact) mass is 434 g/mol. The molecule has 2 rings (SSSR count). The largest absolute Gasteiger partial charge is 0.573 e. The summed E-state index contributed by atoms with van der Waals surface area (Å²) in [7, 11) is -4.25. The van der Waals surface area contributed by atoms with Crippen LogP contribution in [0.5, 0.6) is 5.75 Å². The van der Waals surface area contributed by atoms with Crippen molar-refractivity contribution >= 4 is 38.0 Å². The van der Waals surface area contributed by atoms with E-state index in [4.69, 9.17) is 11.6 Å². The molecule has 0 aliphatic rings. The summed E-state index contributed by atoms with van der Waals surface area (Å²) in [4.78, 5) is 11.9. The summed E-state index contributed by atoms with van der Waals surface area (Å²) in [5.41, 5.74) is 3.28. The lowest BCUT2D eigenvalue weighted by molar-refractivity contribution is -0.274. The van der Waals surface area contributed by atoms with E-state index in [2.05, 4.69) is 15.3 Å². The molecule has 0 fully saturated rings. The zero-order chi connectivity index (χ0) is 20.9. The topological polar surface area (TPSA) is 84.8 Å². The third kappa shape index (κ3) is 5.70. The van der Waals surface area contributed by atoms with Gasteiger partial charge in [-0.3, -0.25) is 10.2 Å². The number of nitrogens with one attached hydrogen (secondary N) is 1. The number of halogens is 4. The smallest absolute Gasteiger partial charge is 0.406 e. The standard InChI is InChI=1S/C17H14ClF3N2O4S/c1-11-2-8-14(9-3-11)28(25,26)16(15(24)10-18)23-22-12-4-6-13(7-5-12)27-17(19,20)21/h2-9,22H,10H2,1H3/b23-16-. The molecule has 0 heterocycles. The molecule has 1 N–H and O–H groups in total. The third-order valence-corrected chi connectivity index (χ3v) is 5.28. The fourth-order valence-electron chi connectivity index (χ4n) is 2.00. The number of carbonyl (C=O) groups is 1. The van der Waals surface area contributed by atoms with E-state index < -0.39 is 38.7 Å². The minimum Gasteiger partial charge on any atom is -0.406 e. The van der Waals surface area contributed by atoms with Gasteiger partial charge < -0.3 is 4.74 Å². The van der Waals surface area contributed by atoms with E-state index >= 15 is 0 Å². The molecule has 0 amide bonds. The predicted octanol–water partition coefficient (Wildman–Crippen LogP) is 3.90. The number of hydrogen-bond donors (Lipinski definition) is 1. The fraction of sp³-hybridized carbons (Fsp3) is 0.176. The fourth-order valence-corrected chi connectivity index (χ4v) is 3.47. The van der Waals surface area contributed by atoms with Gasteiger partial charge in [0.2, 0.25) is 20.7 Å². The Morgan fingerprint density at radius 1 is 1.11 bits per heavy atom. The summed E-state index contributed by atoms with van der Waals surface area (Å²) in [6.45, 7) is 1.77. The summed E-state index contributed by atoms with van der Waals surface area (Å²) in [6, 6.07) is 10.1. The number of hydrazone groups is 1. The van der Waals surface area contributed by atoms with Crippen molar-refractivity contribution in [2.45, 2.75) is 18.2 Å². The minimum absolute atomic E-state index is 0.133. The molecule has 2 aromatic carbocycles. The maximum absolute atomic E-state index is 12.7. The molecule has 0 atom stereocenters. The summed E-state index contributed by atoms with van der Waals surface area (Å²) in [5, 5.41) is 2.80. The van der Waals surface area contributed by atoms with Gasteiger partial charge in [-0.2, -0.15) is 5.10 Å². The van der Waals surface area contributed by atoms with Gasteiger partial charge in [-0.1, -0.05) is 17.7 Å². The Labute approximate surface area is 163 Å². The van der Waals surface area contributed by atoms with Crippen LogP contribution in [0.2, 0.25) is 0 Å². The molecule has 0 aromatic heterocycles. The lowest BCUT2D eigenvalue weighted by atomic mass is 10.2. The highest BCUT2D eigenvalue weighted by Gasteiger charge is 2.31. The zero-order valence-corrected chi connectivity index (χ0v) is 15.9. The highest BCUT2D eigenvalue weighted by atomic mass is 35.5. The number of aryl methyl sites for hydroxylation is 1. The van der Waals surface area contributed by atoms with E-state index in [0.717, 1.165) is 17.7 Å². The normalized spacial score (nSPS) is 12.5. The Hall–Kier alpha value is -2.59. The molecular weight excluding hydrogens is 421 g/mol. The second kappa shape index (κ2) is 8.61. The summed E-state index contributed by atoms with van der Waals surface area (Å²) in [5.74, 6) is -2.03. The first-order chi connectivity index (χ1) is 13.0. The first-order valence-electron chi connectivity index (χ1n) is 7.63. The molecule has 2 aromatic rings. The Morgan fingerprint density at radius 3 is 2.18 bits per heavy atom. The number of benzene rings is 2. The molecular formula is C17H14ClF3N2O4S. The van der Waals surface area contributed by atoms with Crippen LogP contribution in [-0.4, -0.2) is 31.5 Å². The van der Waals surface area contributed by atoms with E-state index in [1.165, 1.54) is 24.3 Å². The van der Waals surface area contributed by atoms with Gasteiger partial charge in [-0.25, -0.2) is 8.42 Å². The van der Waals surface area contributed by atoms with E-state index in [1.54, 1.807) is 19.1 Å². The van der Waals surface area contributed by atoms with Crippen LogP contribution in [0, 0.1) is 6.92 Å². The maximum atomic E-state index is 12.7. The average molecular weight is 435 g/mol. The predicted molar refractivity (Wildman–Crippen MR) is 98.3 cm³/mol. The Kier molecular flexibility index (Phi) is 6.68. The van der Waals surface area contributed by atoms with Crippen molar-refractivity contribution in [1.29, 1.82) is 0 Å². The number of nitrogens with zero attached hydrogens (tertiary/aromatic N) is 1. The average Bonchev–Trinajstić information content (AvgIpc) is 2.62. The van der Waals surface area contributed by atoms with Gasteiger partial charge in [0.25, 0.3) is 0 Å². The first-order valence-corrected chi connectivity index (χ1v) is 9.65. The van der Waals surface area contributed by atoms with Crippen molar-refractivity contribution in [2.24, 2.45) is 5.10 Å². The molecule has 0 saturated heterocycles. The highest BCUT2D eigenvalue weighted by Crippen LogP contribution is 2.24. The van der Waals surface area contributed by atoms with Gasteiger partial charge in [0.1, 0.15) is 5.75 Å². The molecule has 0 aliphatic carbocycles. The van der Waals surface area contributed by atoms with Crippen molar-refractivity contribution in [3.05, 3.63) is 54.1 Å². The van der Waals surface area contributed by atoms with Crippen LogP contribution >= 0.6 is 11.6 Å². The Balaban J connectivity index is 2.29. The number of alkyl halides is 4. The van der Waals surface area contributed by atoms with Crippen LogP contribution in [-0.2, 0) is 14.6 Å². The van der Waals surface area contributed by atoms with E-state index in [1.807, 2.05) is 0 Å². The maximum Gasteiger partial charge on any atom is 0.573 e. The summed E-state index contributed by atoms with van der Waals surface area (Å²) >= 11 is 5.48. The zero-order valence-electron chi connectivity index (χ0n) is 14.3. The van der Waals surface area contributed by atoms with Crippen LogP contribution in [0.3, 0.4) is 0 Å². The van der Waals surface area contributed by atoms with Gasteiger partial charge in [0.15, 0.2) is 0 Å². The SMILES string of the molecule is Cc1ccc(S(=O)(=O)/C(=N\Nc2ccc(OC(F)(F)F)cc2)C(=O)CCl)cc1. The molecule has 0 radical (unpaired) electrons. The molecule has 150 valence electrons. The second-order valence-electron chi connectivity index (χ2n) is 5.47. The Bertz CT molecular complexity index is 973. The molecule has 0 spiro atoms. The lowest BCUT2D eigenvalue weighted by Gasteiger charge is -2.10. The van der Waals surface area contributed by atoms with Crippen molar-refractivity contribution in [3.63, 3.8) is 0 Å².